The van der Waals surface area contributed by atoms with Gasteiger partial charge in [0.15, 0.2) is 12.2 Å². The zero-order chi connectivity index (χ0) is 20.0. The molecule has 1 aromatic carbocycles. The first kappa shape index (κ1) is 18.5. The second kappa shape index (κ2) is 6.92. The van der Waals surface area contributed by atoms with E-state index in [0.29, 0.717) is 18.2 Å². The number of benzene rings is 1. The van der Waals surface area contributed by atoms with Crippen molar-refractivity contribution in [1.29, 1.82) is 0 Å². The number of allylic oxidation sites excluding steroid dienone is 1. The lowest BCUT2D eigenvalue weighted by molar-refractivity contribution is -0.136. The SMILES string of the molecule is CCCCCN1C(=O)C2C(N=C3N(c4ccccc4F)C(C)=CN32)N(C)C1=O. The van der Waals surface area contributed by atoms with Gasteiger partial charge >= 0.3 is 6.03 Å². The molecule has 0 spiro atoms. The van der Waals surface area contributed by atoms with Gasteiger partial charge in [0.05, 0.1) is 5.69 Å². The molecular formula is C20H24FN5O2. The fourth-order valence-corrected chi connectivity index (χ4v) is 4.01. The van der Waals surface area contributed by atoms with E-state index in [-0.39, 0.29) is 17.8 Å². The number of fused-ring (bicyclic) bond motifs is 3. The fraction of sp³-hybridized carbons (Fsp3) is 0.450. The summed E-state index contributed by atoms with van der Waals surface area (Å²) in [5.74, 6) is -0.144. The molecule has 0 aromatic heterocycles. The molecule has 0 aliphatic carbocycles. The second-order valence-electron chi connectivity index (χ2n) is 7.34. The molecule has 3 heterocycles. The summed E-state index contributed by atoms with van der Waals surface area (Å²) in [5.41, 5.74) is 1.14. The summed E-state index contributed by atoms with van der Waals surface area (Å²) in [4.78, 5) is 36.8. The Bertz CT molecular complexity index is 883. The summed E-state index contributed by atoms with van der Waals surface area (Å²) in [6, 6.07) is 5.51. The molecule has 1 saturated heterocycles. The number of hydrogen-bond acceptors (Lipinski definition) is 5. The predicted molar refractivity (Wildman–Crippen MR) is 104 cm³/mol. The molecule has 1 aromatic rings. The molecule has 7 nitrogen and oxygen atoms in total. The van der Waals surface area contributed by atoms with Crippen LogP contribution in [0.25, 0.3) is 0 Å². The quantitative estimate of drug-likeness (QED) is 0.732. The number of likely N-dealkylation sites (N-methyl/N-ethyl adjacent to an activating group) is 1. The molecule has 3 aliphatic rings. The first-order valence-corrected chi connectivity index (χ1v) is 9.63. The van der Waals surface area contributed by atoms with Crippen LogP contribution in [-0.4, -0.2) is 58.4 Å². The number of urea groups is 1. The maximum atomic E-state index is 14.4. The minimum absolute atomic E-state index is 0.248. The molecule has 3 amide bonds. The lowest BCUT2D eigenvalue weighted by Gasteiger charge is -2.40. The Kier molecular flexibility index (Phi) is 4.56. The molecule has 0 bridgehead atoms. The molecule has 0 radical (unpaired) electrons. The number of imide groups is 1. The minimum atomic E-state index is -0.619. The number of para-hydroxylation sites is 1. The number of amides is 3. The van der Waals surface area contributed by atoms with Crippen LogP contribution in [0.15, 0.2) is 41.2 Å². The van der Waals surface area contributed by atoms with Crippen LogP contribution in [0.3, 0.4) is 0 Å². The largest absolute Gasteiger partial charge is 0.328 e. The predicted octanol–water partition coefficient (Wildman–Crippen LogP) is 2.96. The molecule has 8 heteroatoms. The molecule has 3 aliphatic heterocycles. The molecule has 0 saturated carbocycles. The number of rotatable bonds is 5. The summed E-state index contributed by atoms with van der Waals surface area (Å²) >= 11 is 0. The molecule has 2 unspecified atom stereocenters. The average molecular weight is 385 g/mol. The molecule has 28 heavy (non-hydrogen) atoms. The third kappa shape index (κ3) is 2.66. The average Bonchev–Trinajstić information content (AvgIpc) is 3.18. The Morgan fingerprint density at radius 2 is 1.93 bits per heavy atom. The first-order chi connectivity index (χ1) is 13.5. The lowest BCUT2D eigenvalue weighted by atomic mass is 10.1. The van der Waals surface area contributed by atoms with Crippen LogP contribution in [0.4, 0.5) is 14.9 Å². The summed E-state index contributed by atoms with van der Waals surface area (Å²) < 4.78 is 14.4. The molecule has 148 valence electrons. The van der Waals surface area contributed by atoms with E-state index in [0.717, 1.165) is 25.0 Å². The van der Waals surface area contributed by atoms with Crippen molar-refractivity contribution in [3.05, 3.63) is 42.0 Å². The Balaban J connectivity index is 1.66. The Hall–Kier alpha value is -2.90. The van der Waals surface area contributed by atoms with Crippen molar-refractivity contribution in [2.75, 3.05) is 18.5 Å². The van der Waals surface area contributed by atoms with Gasteiger partial charge in [-0.25, -0.2) is 14.2 Å². The van der Waals surface area contributed by atoms with Crippen LogP contribution in [-0.2, 0) is 4.79 Å². The normalized spacial score (nSPS) is 23.9. The number of carbonyl (C=O) groups excluding carboxylic acids is 2. The van der Waals surface area contributed by atoms with Crippen molar-refractivity contribution >= 4 is 23.6 Å². The van der Waals surface area contributed by atoms with E-state index in [9.17, 15) is 14.0 Å². The molecule has 0 N–H and O–H groups in total. The van der Waals surface area contributed by atoms with Crippen LogP contribution >= 0.6 is 0 Å². The van der Waals surface area contributed by atoms with Crippen LogP contribution < -0.4 is 4.90 Å². The van der Waals surface area contributed by atoms with Crippen molar-refractivity contribution < 1.29 is 14.0 Å². The molecule has 2 atom stereocenters. The van der Waals surface area contributed by atoms with E-state index >= 15 is 0 Å². The van der Waals surface area contributed by atoms with Gasteiger partial charge in [-0.2, -0.15) is 0 Å². The van der Waals surface area contributed by atoms with E-state index in [1.807, 2.05) is 13.1 Å². The van der Waals surface area contributed by atoms with Crippen molar-refractivity contribution in [2.24, 2.45) is 4.99 Å². The first-order valence-electron chi connectivity index (χ1n) is 9.63. The Labute approximate surface area is 163 Å². The summed E-state index contributed by atoms with van der Waals surface area (Å²) in [6.07, 6.45) is 3.94. The van der Waals surface area contributed by atoms with Crippen LogP contribution in [0, 0.1) is 5.82 Å². The van der Waals surface area contributed by atoms with Gasteiger partial charge in [-0.05, 0) is 25.5 Å². The third-order valence-electron chi connectivity index (χ3n) is 5.47. The zero-order valence-corrected chi connectivity index (χ0v) is 16.3. The number of anilines is 1. The maximum Gasteiger partial charge on any atom is 0.328 e. The highest BCUT2D eigenvalue weighted by Crippen LogP contribution is 2.37. The van der Waals surface area contributed by atoms with E-state index < -0.39 is 12.2 Å². The Morgan fingerprint density at radius 3 is 2.64 bits per heavy atom. The monoisotopic (exact) mass is 385 g/mol. The van der Waals surface area contributed by atoms with Crippen molar-refractivity contribution in [2.45, 2.75) is 45.3 Å². The number of carbonyl (C=O) groups is 2. The third-order valence-corrected chi connectivity index (χ3v) is 5.47. The number of hydrogen-bond donors (Lipinski definition) is 0. The maximum absolute atomic E-state index is 14.4. The Morgan fingerprint density at radius 1 is 1.18 bits per heavy atom. The summed E-state index contributed by atoms with van der Waals surface area (Å²) in [7, 11) is 1.66. The van der Waals surface area contributed by atoms with E-state index in [1.165, 1.54) is 15.9 Å². The molecule has 1 fully saturated rings. The van der Waals surface area contributed by atoms with Crippen molar-refractivity contribution in [1.82, 2.24) is 14.7 Å². The van der Waals surface area contributed by atoms with Gasteiger partial charge in [0.2, 0.25) is 5.96 Å². The fourth-order valence-electron chi connectivity index (χ4n) is 4.01. The minimum Gasteiger partial charge on any atom is -0.302 e. The van der Waals surface area contributed by atoms with Gasteiger partial charge in [-0.1, -0.05) is 31.9 Å². The standard InChI is InChI=1S/C20H24FN5O2/c1-4-5-8-11-24-18(27)16-17(23(3)20(24)28)22-19-25(16)12-13(2)26(19)15-10-7-6-9-14(15)21/h6-7,9-10,12,16-17H,4-5,8,11H2,1-3H3. The van der Waals surface area contributed by atoms with Gasteiger partial charge in [0.25, 0.3) is 5.91 Å². The lowest BCUT2D eigenvalue weighted by Crippen LogP contribution is -2.64. The number of aliphatic imine (C=N–C) groups is 1. The molecule has 4 rings (SSSR count). The highest BCUT2D eigenvalue weighted by Gasteiger charge is 2.54. The van der Waals surface area contributed by atoms with Gasteiger partial charge in [0.1, 0.15) is 5.82 Å². The highest BCUT2D eigenvalue weighted by molar-refractivity contribution is 6.09. The van der Waals surface area contributed by atoms with Crippen molar-refractivity contribution in [3.63, 3.8) is 0 Å². The summed E-state index contributed by atoms with van der Waals surface area (Å²) in [5, 5.41) is 0. The van der Waals surface area contributed by atoms with Crippen LogP contribution in [0.5, 0.6) is 0 Å². The van der Waals surface area contributed by atoms with E-state index in [1.54, 1.807) is 35.0 Å². The van der Waals surface area contributed by atoms with E-state index in [2.05, 4.69) is 11.9 Å². The van der Waals surface area contributed by atoms with Crippen molar-refractivity contribution in [3.8, 4) is 0 Å². The number of guanidine groups is 1. The smallest absolute Gasteiger partial charge is 0.302 e. The van der Waals surface area contributed by atoms with E-state index in [4.69, 9.17) is 0 Å². The van der Waals surface area contributed by atoms with Crippen LogP contribution in [0.1, 0.15) is 33.1 Å². The van der Waals surface area contributed by atoms with Gasteiger partial charge in [-0.3, -0.25) is 14.6 Å². The zero-order valence-electron chi connectivity index (χ0n) is 16.3. The number of halogens is 1. The topological polar surface area (TPSA) is 59.5 Å². The van der Waals surface area contributed by atoms with Gasteiger partial charge < -0.3 is 9.80 Å². The number of nitrogens with zero attached hydrogens (tertiary/aromatic N) is 5. The van der Waals surface area contributed by atoms with Gasteiger partial charge in [-0.15, -0.1) is 0 Å². The van der Waals surface area contributed by atoms with Gasteiger partial charge in [0, 0.05) is 25.5 Å². The van der Waals surface area contributed by atoms with Crippen LogP contribution in [0.2, 0.25) is 0 Å². The second-order valence-corrected chi connectivity index (χ2v) is 7.34. The highest BCUT2D eigenvalue weighted by atomic mass is 19.1. The summed E-state index contributed by atoms with van der Waals surface area (Å²) in [6.45, 7) is 4.33. The molecular weight excluding hydrogens is 361 g/mol. The number of unbranched alkanes of at least 4 members (excludes halogenated alkanes) is 2.